The summed E-state index contributed by atoms with van der Waals surface area (Å²) in [6.07, 6.45) is 22.8. The molecule has 0 radical (unpaired) electrons. The van der Waals surface area contributed by atoms with Crippen molar-refractivity contribution in [3.05, 3.63) is 0 Å². The monoisotopic (exact) mass is 392 g/mol. The lowest BCUT2D eigenvalue weighted by Crippen LogP contribution is -2.34. The quantitative estimate of drug-likeness (QED) is 0.166. The maximum absolute atomic E-state index is 2.59. The summed E-state index contributed by atoms with van der Waals surface area (Å²) >= 11 is 0. The molecule has 0 amide bonds. The Morgan fingerprint density at radius 1 is 0.852 bits per heavy atom. The fourth-order valence-electron chi connectivity index (χ4n) is 6.21. The van der Waals surface area contributed by atoms with Crippen LogP contribution in [0.2, 0.25) is 18.0 Å². The van der Waals surface area contributed by atoms with E-state index in [2.05, 4.69) is 34.6 Å². The van der Waals surface area contributed by atoms with Gasteiger partial charge in [0.15, 0.2) is 0 Å². The molecule has 0 nitrogen and oxygen atoms in total. The zero-order valence-electron chi connectivity index (χ0n) is 19.5. The summed E-state index contributed by atoms with van der Waals surface area (Å²) in [5.41, 5.74) is 0.978. The average Bonchev–Trinajstić information content (AvgIpc) is 2.63. The molecule has 2 aliphatic heterocycles. The van der Waals surface area contributed by atoms with Crippen molar-refractivity contribution in [2.24, 2.45) is 11.8 Å². The smallest absolute Gasteiger partial charge is 0.103 e. The van der Waals surface area contributed by atoms with Gasteiger partial charge in [-0.25, -0.2) is 0 Å². The van der Waals surface area contributed by atoms with Gasteiger partial charge in [-0.2, -0.15) is 0 Å². The third-order valence-corrected chi connectivity index (χ3v) is 11.8. The van der Waals surface area contributed by atoms with Crippen LogP contribution in [0, 0.1) is 11.8 Å². The number of rotatable bonds is 13. The van der Waals surface area contributed by atoms with E-state index >= 15 is 0 Å². The predicted molar refractivity (Wildman–Crippen MR) is 129 cm³/mol. The van der Waals surface area contributed by atoms with Crippen molar-refractivity contribution in [3.8, 4) is 0 Å². The van der Waals surface area contributed by atoms with Gasteiger partial charge in [-0.05, 0) is 36.2 Å². The summed E-state index contributed by atoms with van der Waals surface area (Å²) in [4.78, 5) is 0. The third kappa shape index (κ3) is 8.03. The molecule has 2 fully saturated rings. The first-order valence-corrected chi connectivity index (χ1v) is 14.5. The molecule has 2 rings (SSSR count). The molecule has 0 saturated carbocycles. The predicted octanol–water partition coefficient (Wildman–Crippen LogP) is 9.11. The fraction of sp³-hybridized carbons (Fsp3) is 1.00. The van der Waals surface area contributed by atoms with Crippen LogP contribution in [0.25, 0.3) is 0 Å². The minimum Gasteiger partial charge on any atom is -0.103 e. The molecule has 2 aliphatic rings. The highest BCUT2D eigenvalue weighted by Crippen LogP contribution is 2.49. The van der Waals surface area contributed by atoms with Crippen LogP contribution in [0.1, 0.15) is 112 Å². The van der Waals surface area contributed by atoms with Crippen LogP contribution in [-0.2, 0) is 0 Å². The van der Waals surface area contributed by atoms with E-state index in [9.17, 15) is 0 Å². The van der Waals surface area contributed by atoms with Gasteiger partial charge >= 0.3 is 0 Å². The second kappa shape index (κ2) is 12.9. The SMILES string of the molecule is CCCCC(C)[C@H](C)P(CCCCCB1C2CCCC1CCC2)CC(C)C. The molecule has 0 aromatic carbocycles. The van der Waals surface area contributed by atoms with Crippen molar-refractivity contribution >= 4 is 14.6 Å². The number of unbranched alkanes of at least 4 members (excludes halogenated alkanes) is 3. The lowest BCUT2D eigenvalue weighted by atomic mass is 9.26. The van der Waals surface area contributed by atoms with Crippen LogP contribution in [0.5, 0.6) is 0 Å². The molecule has 158 valence electrons. The normalized spacial score (nSPS) is 26.2. The van der Waals surface area contributed by atoms with Crippen LogP contribution < -0.4 is 0 Å². The molecule has 0 spiro atoms. The van der Waals surface area contributed by atoms with Gasteiger partial charge in [0, 0.05) is 0 Å². The Morgan fingerprint density at radius 2 is 1.48 bits per heavy atom. The van der Waals surface area contributed by atoms with Gasteiger partial charge in [0.05, 0.1) is 0 Å². The fourth-order valence-corrected chi connectivity index (χ4v) is 9.57. The van der Waals surface area contributed by atoms with Gasteiger partial charge in [-0.3, -0.25) is 0 Å². The van der Waals surface area contributed by atoms with E-state index in [-0.39, 0.29) is 7.92 Å². The Morgan fingerprint density at radius 3 is 2.04 bits per heavy atom. The van der Waals surface area contributed by atoms with E-state index in [0.717, 1.165) is 35.8 Å². The minimum atomic E-state index is 0.242. The first-order chi connectivity index (χ1) is 13.0. The molecule has 0 aliphatic carbocycles. The first-order valence-electron chi connectivity index (χ1n) is 12.8. The van der Waals surface area contributed by atoms with Crippen molar-refractivity contribution in [2.45, 2.75) is 135 Å². The lowest BCUT2D eigenvalue weighted by Gasteiger charge is -2.40. The van der Waals surface area contributed by atoms with Crippen LogP contribution in [0.15, 0.2) is 0 Å². The number of hydrogen-bond acceptors (Lipinski definition) is 0. The van der Waals surface area contributed by atoms with Crippen LogP contribution >= 0.6 is 7.92 Å². The largest absolute Gasteiger partial charge is 0.146 e. The van der Waals surface area contributed by atoms with Crippen LogP contribution in [-0.4, -0.2) is 24.7 Å². The standard InChI is InChI=1S/C25H50BP/c1-6-7-13-22(4)23(5)27(20-21(2)3)19-10-8-9-18-26-24-14-11-15-25(26)17-12-16-24/h21-25H,6-20H2,1-5H3/t22?,23-,24?,25?,27?/m0/s1. The van der Waals surface area contributed by atoms with Crippen molar-refractivity contribution in [1.82, 2.24) is 0 Å². The molecule has 2 bridgehead atoms. The highest BCUT2D eigenvalue weighted by atomic mass is 31.1. The Balaban J connectivity index is 1.69. The Kier molecular flexibility index (Phi) is 11.4. The summed E-state index contributed by atoms with van der Waals surface area (Å²) < 4.78 is 0. The molecule has 0 aromatic rings. The second-order valence-corrected chi connectivity index (χ2v) is 13.4. The average molecular weight is 392 g/mol. The molecular formula is C25H50BP. The maximum Gasteiger partial charge on any atom is 0.146 e. The summed E-state index contributed by atoms with van der Waals surface area (Å²) in [7, 11) is 0.242. The second-order valence-electron chi connectivity index (χ2n) is 10.6. The van der Waals surface area contributed by atoms with Crippen molar-refractivity contribution in [3.63, 3.8) is 0 Å². The molecule has 2 saturated heterocycles. The van der Waals surface area contributed by atoms with Gasteiger partial charge < -0.3 is 0 Å². The van der Waals surface area contributed by atoms with E-state index in [1.165, 1.54) is 44.7 Å². The summed E-state index contributed by atoms with van der Waals surface area (Å²) in [6.45, 7) is 13.5. The van der Waals surface area contributed by atoms with E-state index in [1.807, 2.05) is 0 Å². The van der Waals surface area contributed by atoms with Gasteiger partial charge in [0.1, 0.15) is 6.71 Å². The molecule has 27 heavy (non-hydrogen) atoms. The highest BCUT2D eigenvalue weighted by Gasteiger charge is 2.38. The van der Waals surface area contributed by atoms with E-state index in [0.29, 0.717) is 0 Å². The Labute approximate surface area is 174 Å². The van der Waals surface area contributed by atoms with Gasteiger partial charge in [-0.1, -0.05) is 123 Å². The molecule has 0 aromatic heterocycles. The Bertz CT molecular complexity index is 361. The molecule has 0 N–H and O–H groups in total. The van der Waals surface area contributed by atoms with Crippen molar-refractivity contribution in [1.29, 1.82) is 0 Å². The van der Waals surface area contributed by atoms with Crippen LogP contribution in [0.4, 0.5) is 0 Å². The summed E-state index contributed by atoms with van der Waals surface area (Å²) in [5, 5.41) is 0. The molecule has 3 atom stereocenters. The lowest BCUT2D eigenvalue weighted by molar-refractivity contribution is 0.440. The van der Waals surface area contributed by atoms with E-state index in [4.69, 9.17) is 0 Å². The summed E-state index contributed by atoms with van der Waals surface area (Å²) in [6, 6.07) is 0. The number of hydrogen-bond donors (Lipinski definition) is 0. The zero-order valence-corrected chi connectivity index (χ0v) is 20.4. The van der Waals surface area contributed by atoms with Crippen molar-refractivity contribution < 1.29 is 0 Å². The van der Waals surface area contributed by atoms with Gasteiger partial charge in [0.2, 0.25) is 0 Å². The number of fused-ring (bicyclic) bond motifs is 2. The van der Waals surface area contributed by atoms with E-state index < -0.39 is 0 Å². The molecule has 2 unspecified atom stereocenters. The van der Waals surface area contributed by atoms with E-state index in [1.54, 1.807) is 51.0 Å². The highest BCUT2D eigenvalue weighted by molar-refractivity contribution is 7.58. The molecule has 2 heteroatoms. The van der Waals surface area contributed by atoms with Crippen LogP contribution in [0.3, 0.4) is 0 Å². The minimum absolute atomic E-state index is 0.242. The zero-order chi connectivity index (χ0) is 19.6. The maximum atomic E-state index is 2.59. The topological polar surface area (TPSA) is 0 Å². The molecular weight excluding hydrogens is 342 g/mol. The first kappa shape index (κ1) is 23.8. The van der Waals surface area contributed by atoms with Gasteiger partial charge in [-0.15, -0.1) is 7.92 Å². The molecule has 2 heterocycles. The third-order valence-electron chi connectivity index (χ3n) is 8.01. The summed E-state index contributed by atoms with van der Waals surface area (Å²) in [5.74, 6) is 4.07. The van der Waals surface area contributed by atoms with Crippen molar-refractivity contribution in [2.75, 3.05) is 12.3 Å². The Hall–Kier alpha value is 0.495. The van der Waals surface area contributed by atoms with Gasteiger partial charge in [0.25, 0.3) is 0 Å².